The largest absolute Gasteiger partial charge is 0.496 e. The molecule has 0 heterocycles. The van der Waals surface area contributed by atoms with Crippen LogP contribution in [0.1, 0.15) is 35.7 Å². The summed E-state index contributed by atoms with van der Waals surface area (Å²) in [6, 6.07) is 5.22. The van der Waals surface area contributed by atoms with Crippen LogP contribution in [0, 0.1) is 6.92 Å². The van der Waals surface area contributed by atoms with Crippen LogP contribution in [0.25, 0.3) is 0 Å². The molecule has 0 saturated heterocycles. The lowest BCUT2D eigenvalue weighted by Crippen LogP contribution is -2.29. The number of carbonyl (C=O) groups is 2. The highest BCUT2D eigenvalue weighted by Gasteiger charge is 2.15. The predicted octanol–water partition coefficient (Wildman–Crippen LogP) is 2.08. The molecular formula is C15H21NO4. The molecule has 0 aliphatic rings. The summed E-state index contributed by atoms with van der Waals surface area (Å²) in [5.41, 5.74) is 1.25. The average molecular weight is 279 g/mol. The summed E-state index contributed by atoms with van der Waals surface area (Å²) in [7, 11) is 1.49. The lowest BCUT2D eigenvalue weighted by atomic mass is 10.1. The first kappa shape index (κ1) is 16.0. The average Bonchev–Trinajstić information content (AvgIpc) is 2.45. The van der Waals surface area contributed by atoms with Gasteiger partial charge in [0.05, 0.1) is 7.11 Å². The van der Waals surface area contributed by atoms with Gasteiger partial charge in [0.2, 0.25) is 0 Å². The molecule has 0 aliphatic carbocycles. The van der Waals surface area contributed by atoms with E-state index >= 15 is 0 Å². The number of aryl methyl sites for hydroxylation is 1. The number of hydrogen-bond acceptors (Lipinski definition) is 4. The predicted molar refractivity (Wildman–Crippen MR) is 75.9 cm³/mol. The smallest absolute Gasteiger partial charge is 0.342 e. The maximum Gasteiger partial charge on any atom is 0.342 e. The Morgan fingerprint density at radius 2 is 2.05 bits per heavy atom. The van der Waals surface area contributed by atoms with Crippen molar-refractivity contribution >= 4 is 11.9 Å². The quantitative estimate of drug-likeness (QED) is 0.613. The van der Waals surface area contributed by atoms with Gasteiger partial charge in [-0.1, -0.05) is 25.0 Å². The topological polar surface area (TPSA) is 64.6 Å². The van der Waals surface area contributed by atoms with Gasteiger partial charge < -0.3 is 14.8 Å². The molecule has 1 aromatic carbocycles. The zero-order valence-electron chi connectivity index (χ0n) is 12.2. The summed E-state index contributed by atoms with van der Waals surface area (Å²) in [4.78, 5) is 23.4. The fraction of sp³-hybridized carbons (Fsp3) is 0.467. The maximum atomic E-state index is 11.9. The number of carbonyl (C=O) groups excluding carboxylic acids is 2. The number of rotatable bonds is 7. The highest BCUT2D eigenvalue weighted by atomic mass is 16.5. The third-order valence-electron chi connectivity index (χ3n) is 2.76. The van der Waals surface area contributed by atoms with Gasteiger partial charge in [-0.05, 0) is 25.5 Å². The highest BCUT2D eigenvalue weighted by molar-refractivity contribution is 5.94. The Labute approximate surface area is 119 Å². The van der Waals surface area contributed by atoms with Crippen LogP contribution in [0.15, 0.2) is 18.2 Å². The minimum atomic E-state index is -0.559. The van der Waals surface area contributed by atoms with Crippen molar-refractivity contribution in [1.82, 2.24) is 5.32 Å². The van der Waals surface area contributed by atoms with Gasteiger partial charge in [-0.2, -0.15) is 0 Å². The SMILES string of the molecule is CCCCNC(=O)COC(=O)c1cc(C)ccc1OC. The normalized spacial score (nSPS) is 9.95. The molecule has 1 aromatic rings. The van der Waals surface area contributed by atoms with Crippen molar-refractivity contribution in [3.05, 3.63) is 29.3 Å². The maximum absolute atomic E-state index is 11.9. The van der Waals surface area contributed by atoms with Gasteiger partial charge in [0, 0.05) is 6.54 Å². The molecule has 1 rings (SSSR count). The van der Waals surface area contributed by atoms with Gasteiger partial charge >= 0.3 is 5.97 Å². The van der Waals surface area contributed by atoms with Gasteiger partial charge in [-0.25, -0.2) is 4.79 Å². The second-order valence-electron chi connectivity index (χ2n) is 4.48. The standard InChI is InChI=1S/C15H21NO4/c1-4-5-8-16-14(17)10-20-15(18)12-9-11(2)6-7-13(12)19-3/h6-7,9H,4-5,8,10H2,1-3H3,(H,16,17). The van der Waals surface area contributed by atoms with E-state index < -0.39 is 5.97 Å². The molecule has 1 amide bonds. The monoisotopic (exact) mass is 279 g/mol. The van der Waals surface area contributed by atoms with Gasteiger partial charge in [0.25, 0.3) is 5.91 Å². The number of benzene rings is 1. The van der Waals surface area contributed by atoms with E-state index in [4.69, 9.17) is 9.47 Å². The van der Waals surface area contributed by atoms with Crippen molar-refractivity contribution in [2.75, 3.05) is 20.3 Å². The Morgan fingerprint density at radius 3 is 2.70 bits per heavy atom. The van der Waals surface area contributed by atoms with E-state index in [0.717, 1.165) is 18.4 Å². The van der Waals surface area contributed by atoms with Crippen molar-refractivity contribution in [3.8, 4) is 5.75 Å². The summed E-state index contributed by atoms with van der Waals surface area (Å²) < 4.78 is 10.1. The molecule has 0 atom stereocenters. The van der Waals surface area contributed by atoms with Crippen LogP contribution in [-0.2, 0) is 9.53 Å². The number of nitrogens with one attached hydrogen (secondary N) is 1. The van der Waals surface area contributed by atoms with E-state index in [1.54, 1.807) is 12.1 Å². The lowest BCUT2D eigenvalue weighted by molar-refractivity contribution is -0.124. The van der Waals surface area contributed by atoms with Gasteiger partial charge in [-0.15, -0.1) is 0 Å². The number of unbranched alkanes of at least 4 members (excludes halogenated alkanes) is 1. The molecule has 110 valence electrons. The van der Waals surface area contributed by atoms with Crippen LogP contribution < -0.4 is 10.1 Å². The summed E-state index contributed by atoms with van der Waals surface area (Å²) in [6.07, 6.45) is 1.91. The van der Waals surface area contributed by atoms with Crippen LogP contribution in [-0.4, -0.2) is 32.1 Å². The molecule has 0 aromatic heterocycles. The molecule has 0 spiro atoms. The summed E-state index contributed by atoms with van der Waals surface area (Å²) in [5.74, 6) is -0.415. The second-order valence-corrected chi connectivity index (χ2v) is 4.48. The van der Waals surface area contributed by atoms with Crippen molar-refractivity contribution in [2.45, 2.75) is 26.7 Å². The van der Waals surface area contributed by atoms with Crippen molar-refractivity contribution in [3.63, 3.8) is 0 Å². The first-order valence-corrected chi connectivity index (χ1v) is 6.67. The number of esters is 1. The minimum absolute atomic E-state index is 0.278. The molecular weight excluding hydrogens is 258 g/mol. The van der Waals surface area contributed by atoms with Gasteiger partial charge in [-0.3, -0.25) is 4.79 Å². The Hall–Kier alpha value is -2.04. The molecule has 0 bridgehead atoms. The first-order chi connectivity index (χ1) is 9.58. The fourth-order valence-electron chi connectivity index (χ4n) is 1.65. The Morgan fingerprint density at radius 1 is 1.30 bits per heavy atom. The zero-order chi connectivity index (χ0) is 15.0. The van der Waals surface area contributed by atoms with E-state index in [1.165, 1.54) is 7.11 Å². The molecule has 0 radical (unpaired) electrons. The third-order valence-corrected chi connectivity index (χ3v) is 2.76. The molecule has 5 heteroatoms. The van der Waals surface area contributed by atoms with Gasteiger partial charge in [0.1, 0.15) is 11.3 Å². The summed E-state index contributed by atoms with van der Waals surface area (Å²) in [6.45, 7) is 4.23. The Balaban J connectivity index is 2.54. The van der Waals surface area contributed by atoms with E-state index in [9.17, 15) is 9.59 Å². The van der Waals surface area contributed by atoms with Crippen LogP contribution in [0.2, 0.25) is 0 Å². The first-order valence-electron chi connectivity index (χ1n) is 6.67. The van der Waals surface area contributed by atoms with Crippen molar-refractivity contribution < 1.29 is 19.1 Å². The molecule has 20 heavy (non-hydrogen) atoms. The minimum Gasteiger partial charge on any atom is -0.496 e. The van der Waals surface area contributed by atoms with E-state index in [1.807, 2.05) is 19.9 Å². The van der Waals surface area contributed by atoms with Crippen LogP contribution in [0.4, 0.5) is 0 Å². The fourth-order valence-corrected chi connectivity index (χ4v) is 1.65. The van der Waals surface area contributed by atoms with Crippen LogP contribution in [0.5, 0.6) is 5.75 Å². The molecule has 0 unspecified atom stereocenters. The summed E-state index contributed by atoms with van der Waals surface area (Å²) in [5, 5.41) is 2.68. The van der Waals surface area contributed by atoms with E-state index in [-0.39, 0.29) is 12.5 Å². The zero-order valence-corrected chi connectivity index (χ0v) is 12.2. The molecule has 0 fully saturated rings. The lowest BCUT2D eigenvalue weighted by Gasteiger charge is -2.09. The van der Waals surface area contributed by atoms with Crippen molar-refractivity contribution in [2.24, 2.45) is 0 Å². The second kappa shape index (κ2) is 8.19. The number of ether oxygens (including phenoxy) is 2. The Kier molecular flexibility index (Phi) is 6.56. The number of hydrogen-bond donors (Lipinski definition) is 1. The summed E-state index contributed by atoms with van der Waals surface area (Å²) >= 11 is 0. The Bertz CT molecular complexity index is 471. The molecule has 5 nitrogen and oxygen atoms in total. The molecule has 0 aliphatic heterocycles. The van der Waals surface area contributed by atoms with E-state index in [0.29, 0.717) is 17.9 Å². The number of amides is 1. The highest BCUT2D eigenvalue weighted by Crippen LogP contribution is 2.20. The van der Waals surface area contributed by atoms with Crippen LogP contribution in [0.3, 0.4) is 0 Å². The van der Waals surface area contributed by atoms with Crippen LogP contribution >= 0.6 is 0 Å². The van der Waals surface area contributed by atoms with E-state index in [2.05, 4.69) is 5.32 Å². The number of methoxy groups -OCH3 is 1. The third kappa shape index (κ3) is 4.91. The molecule has 0 saturated carbocycles. The van der Waals surface area contributed by atoms with Gasteiger partial charge in [0.15, 0.2) is 6.61 Å². The van der Waals surface area contributed by atoms with Crippen molar-refractivity contribution in [1.29, 1.82) is 0 Å². The molecule has 1 N–H and O–H groups in total.